The number of pyridine rings is 2. The SMILES string of the molecule is CC/C=C/C(=O)N(C)C.CN(C)C(=O)/C=C/CNCCOc1ccc(I)nc1.NCCOc1ccc(I)nc1. The highest BCUT2D eigenvalue weighted by Gasteiger charge is 1.97. The maximum atomic E-state index is 11.2. The first-order chi connectivity index (χ1) is 18.6. The largest absolute Gasteiger partial charge is 0.491 e. The van der Waals surface area contributed by atoms with Crippen molar-refractivity contribution in [3.63, 3.8) is 0 Å². The molecule has 0 aliphatic heterocycles. The summed E-state index contributed by atoms with van der Waals surface area (Å²) in [7, 11) is 6.93. The van der Waals surface area contributed by atoms with E-state index >= 15 is 0 Å². The van der Waals surface area contributed by atoms with E-state index in [2.05, 4.69) is 60.5 Å². The second-order valence-electron chi connectivity index (χ2n) is 8.00. The van der Waals surface area contributed by atoms with Gasteiger partial charge in [0.15, 0.2) is 0 Å². The second kappa shape index (κ2) is 23.6. The fourth-order valence-corrected chi connectivity index (χ4v) is 2.81. The number of halogens is 2. The molecule has 0 aliphatic carbocycles. The molecular formula is C27H40I2N6O4. The molecule has 0 aromatic carbocycles. The monoisotopic (exact) mass is 766 g/mol. The first-order valence-corrected chi connectivity index (χ1v) is 14.4. The number of amides is 2. The summed E-state index contributed by atoms with van der Waals surface area (Å²) < 4.78 is 12.6. The maximum absolute atomic E-state index is 11.2. The Bertz CT molecular complexity index is 985. The Morgan fingerprint density at radius 3 is 1.77 bits per heavy atom. The van der Waals surface area contributed by atoms with Crippen molar-refractivity contribution in [1.29, 1.82) is 0 Å². The molecule has 10 nitrogen and oxygen atoms in total. The van der Waals surface area contributed by atoms with Gasteiger partial charge in [0, 0.05) is 53.9 Å². The molecule has 39 heavy (non-hydrogen) atoms. The molecule has 0 saturated heterocycles. The third kappa shape index (κ3) is 21.2. The van der Waals surface area contributed by atoms with Crippen LogP contribution in [-0.2, 0) is 9.59 Å². The molecule has 0 spiro atoms. The predicted molar refractivity (Wildman–Crippen MR) is 173 cm³/mol. The number of hydrogen-bond donors (Lipinski definition) is 2. The van der Waals surface area contributed by atoms with E-state index in [4.69, 9.17) is 15.2 Å². The molecule has 2 aromatic heterocycles. The number of likely N-dealkylation sites (N-methyl/N-ethyl adjacent to an activating group) is 2. The van der Waals surface area contributed by atoms with Gasteiger partial charge in [-0.2, -0.15) is 0 Å². The normalized spacial score (nSPS) is 10.3. The van der Waals surface area contributed by atoms with Crippen molar-refractivity contribution in [2.75, 3.05) is 61.0 Å². The Balaban J connectivity index is 0.000000612. The zero-order chi connectivity index (χ0) is 29.5. The van der Waals surface area contributed by atoms with Crippen molar-refractivity contribution in [3.05, 3.63) is 68.4 Å². The third-order valence-corrected chi connectivity index (χ3v) is 5.51. The van der Waals surface area contributed by atoms with Gasteiger partial charge in [-0.05, 0) is 81.9 Å². The van der Waals surface area contributed by atoms with Crippen LogP contribution in [0.5, 0.6) is 11.5 Å². The lowest BCUT2D eigenvalue weighted by Crippen LogP contribution is -2.22. The van der Waals surface area contributed by atoms with Crippen LogP contribution < -0.4 is 20.5 Å². The number of aromatic nitrogens is 2. The van der Waals surface area contributed by atoms with E-state index in [1.54, 1.807) is 63.7 Å². The summed E-state index contributed by atoms with van der Waals surface area (Å²) >= 11 is 4.29. The van der Waals surface area contributed by atoms with E-state index in [0.717, 1.165) is 25.3 Å². The zero-order valence-electron chi connectivity index (χ0n) is 23.3. The van der Waals surface area contributed by atoms with Crippen LogP contribution in [-0.4, -0.2) is 92.6 Å². The number of carbonyl (C=O) groups excluding carboxylic acids is 2. The van der Waals surface area contributed by atoms with Crippen molar-refractivity contribution < 1.29 is 19.1 Å². The number of allylic oxidation sites excluding steroid dienone is 1. The van der Waals surface area contributed by atoms with Crippen LogP contribution in [0.3, 0.4) is 0 Å². The van der Waals surface area contributed by atoms with Gasteiger partial charge in [-0.1, -0.05) is 19.1 Å². The van der Waals surface area contributed by atoms with E-state index in [1.165, 1.54) is 4.90 Å². The fraction of sp³-hybridized carbons (Fsp3) is 0.407. The Kier molecular flexibility index (Phi) is 22.2. The highest BCUT2D eigenvalue weighted by molar-refractivity contribution is 14.1. The summed E-state index contributed by atoms with van der Waals surface area (Å²) in [6.45, 7) is 5.01. The molecule has 2 amide bonds. The molecule has 0 atom stereocenters. The lowest BCUT2D eigenvalue weighted by molar-refractivity contribution is -0.124. The van der Waals surface area contributed by atoms with Gasteiger partial charge in [-0.3, -0.25) is 9.59 Å². The number of nitrogens with one attached hydrogen (secondary N) is 1. The predicted octanol–water partition coefficient (Wildman–Crippen LogP) is 3.36. The number of nitrogens with two attached hydrogens (primary N) is 1. The van der Waals surface area contributed by atoms with Crippen LogP contribution in [0, 0.1) is 7.40 Å². The molecule has 0 unspecified atom stereocenters. The molecule has 0 radical (unpaired) electrons. The van der Waals surface area contributed by atoms with Crippen LogP contribution in [0.2, 0.25) is 0 Å². The molecule has 0 fully saturated rings. The van der Waals surface area contributed by atoms with Crippen molar-refractivity contribution in [3.8, 4) is 11.5 Å². The van der Waals surface area contributed by atoms with E-state index in [1.807, 2.05) is 37.3 Å². The van der Waals surface area contributed by atoms with Crippen LogP contribution in [0.25, 0.3) is 0 Å². The van der Waals surface area contributed by atoms with Gasteiger partial charge in [-0.15, -0.1) is 0 Å². The van der Waals surface area contributed by atoms with Gasteiger partial charge < -0.3 is 30.3 Å². The Morgan fingerprint density at radius 1 is 0.872 bits per heavy atom. The summed E-state index contributed by atoms with van der Waals surface area (Å²) in [4.78, 5) is 33.2. The fourth-order valence-electron chi connectivity index (χ4n) is 2.18. The number of ether oxygens (including phenoxy) is 2. The van der Waals surface area contributed by atoms with Crippen LogP contribution in [0.4, 0.5) is 0 Å². The number of hydrogen-bond acceptors (Lipinski definition) is 8. The Hall–Kier alpha value is -2.30. The standard InChI is InChI=1S/C13H18IN3O2.C7H9IN2O.C7H13NO/c1-17(2)13(18)4-3-7-15-8-9-19-11-5-6-12(14)16-10-11;8-7-2-1-6(5-10-7)11-4-3-9;1-4-5-6-7(9)8(2)3/h3-6,10,15H,7-9H2,1-2H3;1-2,5H,3-4,9H2;5-6H,4H2,1-3H3/b4-3+;;6-5+. The minimum absolute atomic E-state index is 0.0111. The molecule has 3 N–H and O–H groups in total. The number of carbonyl (C=O) groups is 2. The molecule has 2 aromatic rings. The Morgan fingerprint density at radius 2 is 1.36 bits per heavy atom. The van der Waals surface area contributed by atoms with Gasteiger partial charge in [0.2, 0.25) is 11.8 Å². The number of nitrogens with zero attached hydrogens (tertiary/aromatic N) is 4. The first-order valence-electron chi connectivity index (χ1n) is 12.3. The second-order valence-corrected chi connectivity index (χ2v) is 10.2. The van der Waals surface area contributed by atoms with E-state index in [9.17, 15) is 9.59 Å². The van der Waals surface area contributed by atoms with Gasteiger partial charge >= 0.3 is 0 Å². The minimum atomic E-state index is -0.0111. The molecule has 2 heterocycles. The molecule has 0 bridgehead atoms. The summed E-state index contributed by atoms with van der Waals surface area (Å²) in [5.74, 6) is 1.58. The van der Waals surface area contributed by atoms with Gasteiger partial charge in [0.25, 0.3) is 0 Å². The summed E-state index contributed by atoms with van der Waals surface area (Å²) in [5, 5.41) is 3.16. The van der Waals surface area contributed by atoms with Crippen LogP contribution >= 0.6 is 45.2 Å². The summed E-state index contributed by atoms with van der Waals surface area (Å²) in [5.41, 5.74) is 5.26. The van der Waals surface area contributed by atoms with Crippen molar-refractivity contribution in [2.45, 2.75) is 13.3 Å². The molecule has 0 saturated carbocycles. The molecule has 216 valence electrons. The quantitative estimate of drug-likeness (QED) is 0.146. The van der Waals surface area contributed by atoms with Crippen LogP contribution in [0.1, 0.15) is 13.3 Å². The molecule has 2 rings (SSSR count). The van der Waals surface area contributed by atoms with Gasteiger partial charge in [-0.25, -0.2) is 9.97 Å². The third-order valence-electron chi connectivity index (χ3n) is 4.23. The molecular weight excluding hydrogens is 726 g/mol. The summed E-state index contributed by atoms with van der Waals surface area (Å²) in [6, 6.07) is 7.57. The minimum Gasteiger partial charge on any atom is -0.491 e. The first kappa shape index (κ1) is 36.7. The number of rotatable bonds is 12. The molecule has 0 aliphatic rings. The van der Waals surface area contributed by atoms with Crippen molar-refractivity contribution >= 4 is 57.0 Å². The Labute approximate surface area is 259 Å². The average molecular weight is 766 g/mol. The van der Waals surface area contributed by atoms with E-state index in [0.29, 0.717) is 32.8 Å². The van der Waals surface area contributed by atoms with E-state index < -0.39 is 0 Å². The highest BCUT2D eigenvalue weighted by atomic mass is 127. The lowest BCUT2D eigenvalue weighted by atomic mass is 10.4. The average Bonchev–Trinajstić information content (AvgIpc) is 2.92. The maximum Gasteiger partial charge on any atom is 0.245 e. The lowest BCUT2D eigenvalue weighted by Gasteiger charge is -2.06. The van der Waals surface area contributed by atoms with Crippen molar-refractivity contribution in [1.82, 2.24) is 25.1 Å². The van der Waals surface area contributed by atoms with E-state index in [-0.39, 0.29) is 11.8 Å². The van der Waals surface area contributed by atoms with Gasteiger partial charge in [0.1, 0.15) is 32.1 Å². The summed E-state index contributed by atoms with van der Waals surface area (Å²) in [6.07, 6.45) is 11.1. The zero-order valence-corrected chi connectivity index (χ0v) is 27.6. The smallest absolute Gasteiger partial charge is 0.245 e. The topological polar surface area (TPSA) is 123 Å². The van der Waals surface area contributed by atoms with Crippen LogP contribution in [0.15, 0.2) is 61.0 Å². The van der Waals surface area contributed by atoms with Gasteiger partial charge in [0.05, 0.1) is 12.4 Å². The molecule has 12 heteroatoms. The highest BCUT2D eigenvalue weighted by Crippen LogP contribution is 2.10. The van der Waals surface area contributed by atoms with Crippen molar-refractivity contribution in [2.24, 2.45) is 5.73 Å².